The summed E-state index contributed by atoms with van der Waals surface area (Å²) >= 11 is 0. The summed E-state index contributed by atoms with van der Waals surface area (Å²) in [6.45, 7) is 3.67. The van der Waals surface area contributed by atoms with Crippen molar-refractivity contribution in [2.24, 2.45) is 0 Å². The Labute approximate surface area is 673 Å². The topological polar surface area (TPSA) is 52.6 Å². The van der Waals surface area contributed by atoms with Crippen LogP contribution in [0.2, 0.25) is 0 Å². The van der Waals surface area contributed by atoms with E-state index in [0.717, 1.165) is 134 Å². The van der Waals surface area contributed by atoms with E-state index in [1.54, 1.807) is 12.1 Å². The second kappa shape index (κ2) is 26.2. The average molecular weight is 1580 g/mol. The van der Waals surface area contributed by atoms with Gasteiger partial charge in [-0.2, -0.15) is 0 Å². The number of rotatable bonds is 8. The van der Waals surface area contributed by atoms with Crippen LogP contribution in [0.1, 0.15) is 11.1 Å². The standard InChI is InChI=1S/C54H28F6O2.C52H26F4O2/c1-25-11-31(55)5-9-37(25)27-3-7-39-45-23-43-42(30-15-35(59)20-36(60)16-30)22-48-52-44(24-46-40-8-4-28(18-50(40)62-54(46)48)38-10-6-32(56)12-26(38)2)41(29-13-33(57)19-34(58)14-29)21-47(51(43)52)53(45)61-49(39)17-27;53-33-15-31(16-34(54)21-33)39-23-45-49-41(25-43-37-13-11-29(19-47(37)57-51(43)45)27-7-3-1-4-8-27)40(32-17-35(55)22-36(56)18-32)24-46-50(49)42(39)26-44-38-14-12-30(20-48(38)58-52(44)46)28-9-5-2-6-10-28/h3-24H,1-2H3;1-26H. The van der Waals surface area contributed by atoms with Crippen LogP contribution in [0.25, 0.3) is 241 Å². The molecule has 24 aromatic rings. The van der Waals surface area contributed by atoms with Crippen LogP contribution in [0.3, 0.4) is 0 Å². The Kier molecular flexibility index (Phi) is 15.4. The highest BCUT2D eigenvalue weighted by molar-refractivity contribution is 6.41. The lowest BCUT2D eigenvalue weighted by Crippen LogP contribution is -1.93. The molecule has 0 atom stereocenters. The van der Waals surface area contributed by atoms with Gasteiger partial charge in [0.15, 0.2) is 0 Å². The molecular formula is C106H54F10O4. The largest absolute Gasteiger partial charge is 0.455 e. The Morgan fingerprint density at radius 3 is 0.667 bits per heavy atom. The van der Waals surface area contributed by atoms with E-state index in [1.807, 2.05) is 196 Å². The molecule has 14 heteroatoms. The van der Waals surface area contributed by atoms with Gasteiger partial charge in [0.1, 0.15) is 103 Å². The summed E-state index contributed by atoms with van der Waals surface area (Å²) in [5.74, 6) is -6.49. The van der Waals surface area contributed by atoms with Gasteiger partial charge < -0.3 is 17.7 Å². The quantitative estimate of drug-likeness (QED) is 0.112. The lowest BCUT2D eigenvalue weighted by Gasteiger charge is -2.19. The van der Waals surface area contributed by atoms with Crippen molar-refractivity contribution in [2.45, 2.75) is 13.8 Å². The molecule has 0 aliphatic carbocycles. The highest BCUT2D eigenvalue weighted by Gasteiger charge is 2.30. The fourth-order valence-electron chi connectivity index (χ4n) is 18.8. The monoisotopic (exact) mass is 1580 g/mol. The summed E-state index contributed by atoms with van der Waals surface area (Å²) in [6.07, 6.45) is 0. The fourth-order valence-corrected chi connectivity index (χ4v) is 18.8. The summed E-state index contributed by atoms with van der Waals surface area (Å²) in [7, 11) is 0. The van der Waals surface area contributed by atoms with Gasteiger partial charge in [-0.3, -0.25) is 0 Å². The van der Waals surface area contributed by atoms with Gasteiger partial charge in [-0.25, -0.2) is 43.9 Å². The van der Waals surface area contributed by atoms with Crippen molar-refractivity contribution in [3.63, 3.8) is 0 Å². The maximum absolute atomic E-state index is 15.2. The van der Waals surface area contributed by atoms with Gasteiger partial charge in [0.25, 0.3) is 0 Å². The molecule has 24 rings (SSSR count). The summed E-state index contributed by atoms with van der Waals surface area (Å²) in [4.78, 5) is 0. The van der Waals surface area contributed by atoms with E-state index in [0.29, 0.717) is 143 Å². The molecule has 0 spiro atoms. The van der Waals surface area contributed by atoms with Gasteiger partial charge in [0, 0.05) is 110 Å². The molecule has 4 aromatic heterocycles. The van der Waals surface area contributed by atoms with Crippen molar-refractivity contribution in [3.05, 3.63) is 360 Å². The second-order valence-corrected chi connectivity index (χ2v) is 31.1. The molecule has 572 valence electrons. The second-order valence-electron chi connectivity index (χ2n) is 31.1. The van der Waals surface area contributed by atoms with Crippen molar-refractivity contribution in [1.82, 2.24) is 0 Å². The molecule has 0 fully saturated rings. The zero-order valence-electron chi connectivity index (χ0n) is 63.1. The van der Waals surface area contributed by atoms with Crippen LogP contribution in [0.4, 0.5) is 43.9 Å². The number of aryl methyl sites for hydroxylation is 2. The van der Waals surface area contributed by atoms with E-state index < -0.39 is 46.5 Å². The SMILES string of the molecule is Cc1cc(F)ccc1-c1ccc2c(c1)oc1c2cc2c(-c3cc(F)cc(F)c3)cc3c4oc5cc(-c6ccc(F)cc6C)ccc5c4cc4c(-c5cc(F)cc(F)c5)cc1c2c43.Fc1cc(F)cc(-c2cc3c4oc5cc(-c6ccccc6)ccc5c4cc4c(-c5cc(F)cc(F)c5)cc5c6oc7cc(-c8ccccc8)ccc7c6cc2c5c43)c1. The lowest BCUT2D eigenvalue weighted by molar-refractivity contribution is 0.583. The molecule has 4 nitrogen and oxygen atoms in total. The molecule has 0 N–H and O–H groups in total. The Balaban J connectivity index is 0.000000140. The fraction of sp³-hybridized carbons (Fsp3) is 0.0189. The summed E-state index contributed by atoms with van der Waals surface area (Å²) in [6, 6.07) is 82.3. The summed E-state index contributed by atoms with van der Waals surface area (Å²) in [5, 5.41) is 14.5. The molecular weight excluding hydrogens is 1530 g/mol. The lowest BCUT2D eigenvalue weighted by atomic mass is 9.84. The van der Waals surface area contributed by atoms with Crippen LogP contribution >= 0.6 is 0 Å². The predicted molar refractivity (Wildman–Crippen MR) is 462 cm³/mol. The van der Waals surface area contributed by atoms with Crippen LogP contribution < -0.4 is 0 Å². The number of halogens is 10. The number of hydrogen-bond acceptors (Lipinski definition) is 4. The van der Waals surface area contributed by atoms with Crippen LogP contribution in [-0.4, -0.2) is 0 Å². The molecule has 20 aromatic carbocycles. The highest BCUT2D eigenvalue weighted by Crippen LogP contribution is 2.55. The molecule has 0 amide bonds. The summed E-state index contributed by atoms with van der Waals surface area (Å²) < 4.78 is 176. The Bertz CT molecular complexity index is 7990. The van der Waals surface area contributed by atoms with Gasteiger partial charge >= 0.3 is 0 Å². The maximum Gasteiger partial charge on any atom is 0.143 e. The molecule has 0 aliphatic heterocycles. The average Bonchev–Trinajstić information content (AvgIpc) is 1.70. The third-order valence-electron chi connectivity index (χ3n) is 23.9. The first-order chi connectivity index (χ1) is 58.3. The van der Waals surface area contributed by atoms with Gasteiger partial charge in [-0.05, 0) is 305 Å². The first kappa shape index (κ1) is 70.4. The molecule has 0 unspecified atom stereocenters. The molecule has 4 heterocycles. The van der Waals surface area contributed by atoms with Crippen molar-refractivity contribution >= 4 is 152 Å². The van der Waals surface area contributed by atoms with Crippen molar-refractivity contribution in [1.29, 1.82) is 0 Å². The Morgan fingerprint density at radius 1 is 0.158 bits per heavy atom. The van der Waals surface area contributed by atoms with Crippen molar-refractivity contribution < 1.29 is 61.6 Å². The molecule has 120 heavy (non-hydrogen) atoms. The van der Waals surface area contributed by atoms with E-state index in [-0.39, 0.29) is 11.6 Å². The van der Waals surface area contributed by atoms with Crippen molar-refractivity contribution in [2.75, 3.05) is 0 Å². The van der Waals surface area contributed by atoms with Crippen LogP contribution in [0.15, 0.2) is 309 Å². The van der Waals surface area contributed by atoms with E-state index in [1.165, 1.54) is 72.8 Å². The minimum Gasteiger partial charge on any atom is -0.455 e. The van der Waals surface area contributed by atoms with E-state index in [9.17, 15) is 8.78 Å². The predicted octanol–water partition coefficient (Wildman–Crippen LogP) is 32.1. The zero-order chi connectivity index (χ0) is 81.1. The number of fused-ring (bicyclic) bond motifs is 16. The molecule has 0 saturated heterocycles. The number of furan rings is 4. The van der Waals surface area contributed by atoms with Crippen LogP contribution in [-0.2, 0) is 0 Å². The zero-order valence-corrected chi connectivity index (χ0v) is 63.1. The molecule has 0 saturated carbocycles. The first-order valence-electron chi connectivity index (χ1n) is 38.8. The van der Waals surface area contributed by atoms with E-state index in [2.05, 4.69) is 0 Å². The molecule has 0 aliphatic rings. The van der Waals surface area contributed by atoms with Gasteiger partial charge in [-0.1, -0.05) is 97.1 Å². The molecule has 0 bridgehead atoms. The smallest absolute Gasteiger partial charge is 0.143 e. The maximum atomic E-state index is 15.2. The number of hydrogen-bond donors (Lipinski definition) is 0. The Hall–Kier alpha value is -15.0. The Morgan fingerprint density at radius 2 is 0.408 bits per heavy atom. The normalized spacial score (nSPS) is 12.2. The first-order valence-corrected chi connectivity index (χ1v) is 38.8. The minimum atomic E-state index is -0.749. The van der Waals surface area contributed by atoms with Gasteiger partial charge in [-0.15, -0.1) is 0 Å². The third kappa shape index (κ3) is 11.1. The minimum absolute atomic E-state index is 0.294. The van der Waals surface area contributed by atoms with Crippen molar-refractivity contribution in [3.8, 4) is 89.0 Å². The van der Waals surface area contributed by atoms with E-state index in [4.69, 9.17) is 17.7 Å². The van der Waals surface area contributed by atoms with Gasteiger partial charge in [0.2, 0.25) is 0 Å². The summed E-state index contributed by atoms with van der Waals surface area (Å²) in [5.41, 5.74) is 16.9. The number of benzene rings is 20. The van der Waals surface area contributed by atoms with E-state index >= 15 is 35.1 Å². The van der Waals surface area contributed by atoms with Gasteiger partial charge in [0.05, 0.1) is 0 Å². The third-order valence-corrected chi connectivity index (χ3v) is 23.9. The molecule has 0 radical (unpaired) electrons. The highest BCUT2D eigenvalue weighted by atomic mass is 19.2. The van der Waals surface area contributed by atoms with Crippen LogP contribution in [0, 0.1) is 72.0 Å². The van der Waals surface area contributed by atoms with Crippen LogP contribution in [0.5, 0.6) is 0 Å².